The van der Waals surface area contributed by atoms with Gasteiger partial charge in [0.1, 0.15) is 19.0 Å². The van der Waals surface area contributed by atoms with Gasteiger partial charge in [0, 0.05) is 23.1 Å². The van der Waals surface area contributed by atoms with E-state index in [1.165, 1.54) is 17.5 Å². The number of hydrogen-bond donors (Lipinski definition) is 0. The number of nitrogens with zero attached hydrogens (tertiary/aromatic N) is 2. The van der Waals surface area contributed by atoms with Gasteiger partial charge in [0.15, 0.2) is 11.5 Å². The molecule has 0 fully saturated rings. The Morgan fingerprint density at radius 1 is 0.756 bits per heavy atom. The maximum absolute atomic E-state index is 12.2. The molecule has 228 valence electrons. The predicted molar refractivity (Wildman–Crippen MR) is 175 cm³/mol. The topological polar surface area (TPSA) is 69.6 Å². The van der Waals surface area contributed by atoms with Crippen molar-refractivity contribution in [2.75, 3.05) is 7.11 Å². The second-order valence-electron chi connectivity index (χ2n) is 10.0. The smallest absolute Gasteiger partial charge is 0.243 e. The summed E-state index contributed by atoms with van der Waals surface area (Å²) in [6.45, 7) is 2.48. The van der Waals surface area contributed by atoms with Gasteiger partial charge in [0.25, 0.3) is 0 Å². The van der Waals surface area contributed by atoms with Crippen molar-refractivity contribution in [1.29, 1.82) is 0 Å². The Hall–Kier alpha value is -5.27. The first-order chi connectivity index (χ1) is 22.0. The van der Waals surface area contributed by atoms with E-state index in [1.54, 1.807) is 37.4 Å². The van der Waals surface area contributed by atoms with Gasteiger partial charge in [-0.25, -0.2) is 0 Å². The molecule has 1 atom stereocenters. The number of methoxy groups -OCH3 is 1. The Morgan fingerprint density at radius 2 is 1.38 bits per heavy atom. The first-order valence-corrected chi connectivity index (χ1v) is 14.8. The zero-order chi connectivity index (χ0) is 31.4. The second kappa shape index (κ2) is 15.5. The van der Waals surface area contributed by atoms with Crippen LogP contribution < -0.4 is 14.2 Å². The molecule has 0 saturated heterocycles. The molecule has 5 aromatic carbocycles. The van der Waals surface area contributed by atoms with Crippen LogP contribution in [-0.4, -0.2) is 23.9 Å². The molecule has 1 heterocycles. The van der Waals surface area contributed by atoms with Gasteiger partial charge in [-0.15, -0.1) is 5.10 Å². The van der Waals surface area contributed by atoms with Gasteiger partial charge in [0.05, 0.1) is 7.11 Å². The summed E-state index contributed by atoms with van der Waals surface area (Å²) in [5, 5.41) is 6.22. The lowest BCUT2D eigenvalue weighted by molar-refractivity contribution is -0.135. The maximum Gasteiger partial charge on any atom is 0.243 e. The average Bonchev–Trinajstić information content (AvgIpc) is 3.54. The fourth-order valence-corrected chi connectivity index (χ4v) is 4.66. The molecule has 0 spiro atoms. The minimum absolute atomic E-state index is 0.245. The SMILES string of the molecule is COc1cc(C2OC(c3cccc(Cl)c3)=NN2C(C)=O)ccc1OCc1ccccc1.c1ccc(COc2ccccc2)cc1. The lowest BCUT2D eigenvalue weighted by Crippen LogP contribution is -2.25. The molecule has 0 N–H and O–H groups in total. The molecule has 45 heavy (non-hydrogen) atoms. The van der Waals surface area contributed by atoms with Crippen LogP contribution in [0.2, 0.25) is 5.02 Å². The maximum atomic E-state index is 12.2. The number of hydrazone groups is 1. The number of halogens is 1. The van der Waals surface area contributed by atoms with E-state index in [0.717, 1.165) is 11.3 Å². The summed E-state index contributed by atoms with van der Waals surface area (Å²) in [7, 11) is 1.57. The van der Waals surface area contributed by atoms with Crippen LogP contribution in [0.3, 0.4) is 0 Å². The molecule has 1 aliphatic heterocycles. The summed E-state index contributed by atoms with van der Waals surface area (Å²) in [6, 6.07) is 42.4. The first-order valence-electron chi connectivity index (χ1n) is 14.4. The fourth-order valence-electron chi connectivity index (χ4n) is 4.47. The van der Waals surface area contributed by atoms with Crippen molar-refractivity contribution in [3.63, 3.8) is 0 Å². The highest BCUT2D eigenvalue weighted by atomic mass is 35.5. The number of hydrogen-bond acceptors (Lipinski definition) is 6. The molecule has 1 amide bonds. The van der Waals surface area contributed by atoms with Gasteiger partial charge >= 0.3 is 0 Å². The predicted octanol–water partition coefficient (Wildman–Crippen LogP) is 8.43. The van der Waals surface area contributed by atoms with Gasteiger partial charge in [-0.1, -0.05) is 96.5 Å². The highest BCUT2D eigenvalue weighted by Crippen LogP contribution is 2.36. The third-order valence-corrected chi connectivity index (χ3v) is 6.97. The van der Waals surface area contributed by atoms with E-state index in [0.29, 0.717) is 46.8 Å². The molecule has 1 unspecified atom stereocenters. The standard InChI is InChI=1S/C24H21ClN2O4.C13H12O/c1-16(28)27-24(31-23(26-27)18-9-6-10-20(25)13-18)19-11-12-21(22(14-19)29-2)30-15-17-7-4-3-5-8-17;1-3-7-12(8-4-1)11-14-13-9-5-2-6-10-13/h3-14,24H,15H2,1-2H3;1-10H,11H2. The van der Waals surface area contributed by atoms with Crippen molar-refractivity contribution in [2.45, 2.75) is 26.4 Å². The van der Waals surface area contributed by atoms with Crippen molar-refractivity contribution in [3.8, 4) is 17.2 Å². The van der Waals surface area contributed by atoms with E-state index < -0.39 is 6.23 Å². The lowest BCUT2D eigenvalue weighted by atomic mass is 10.1. The Labute approximate surface area is 268 Å². The van der Waals surface area contributed by atoms with Crippen LogP contribution in [0.5, 0.6) is 17.2 Å². The fraction of sp³-hybridized carbons (Fsp3) is 0.135. The minimum atomic E-state index is -0.719. The molecule has 6 rings (SSSR count). The summed E-state index contributed by atoms with van der Waals surface area (Å²) in [5.41, 5.74) is 3.64. The highest BCUT2D eigenvalue weighted by Gasteiger charge is 2.33. The van der Waals surface area contributed by atoms with Crippen molar-refractivity contribution >= 4 is 23.4 Å². The molecule has 0 aliphatic carbocycles. The zero-order valence-corrected chi connectivity index (χ0v) is 25.8. The van der Waals surface area contributed by atoms with E-state index in [9.17, 15) is 4.79 Å². The molecule has 0 radical (unpaired) electrons. The number of para-hydroxylation sites is 1. The number of ether oxygens (including phenoxy) is 4. The van der Waals surface area contributed by atoms with Crippen molar-refractivity contribution < 1.29 is 23.7 Å². The number of amides is 1. The second-order valence-corrected chi connectivity index (χ2v) is 10.5. The summed E-state index contributed by atoms with van der Waals surface area (Å²) < 4.78 is 23.1. The third kappa shape index (κ3) is 8.65. The molecular weight excluding hydrogens is 588 g/mol. The van der Waals surface area contributed by atoms with Crippen LogP contribution >= 0.6 is 11.6 Å². The van der Waals surface area contributed by atoms with Gasteiger partial charge in [-0.2, -0.15) is 5.01 Å². The highest BCUT2D eigenvalue weighted by molar-refractivity contribution is 6.31. The molecule has 0 bridgehead atoms. The molecular formula is C37H33ClN2O5. The average molecular weight is 621 g/mol. The van der Waals surface area contributed by atoms with Crippen LogP contribution in [0.4, 0.5) is 0 Å². The first kappa shape index (κ1) is 31.2. The normalized spacial score (nSPS) is 13.5. The molecule has 8 heteroatoms. The summed E-state index contributed by atoms with van der Waals surface area (Å²) in [6.07, 6.45) is -0.719. The van der Waals surface area contributed by atoms with E-state index in [2.05, 4.69) is 17.2 Å². The number of carbonyl (C=O) groups is 1. The van der Waals surface area contributed by atoms with Crippen LogP contribution in [0, 0.1) is 0 Å². The van der Waals surface area contributed by atoms with Crippen molar-refractivity contribution in [3.05, 3.63) is 161 Å². The van der Waals surface area contributed by atoms with Crippen LogP contribution in [0.15, 0.2) is 139 Å². The Kier molecular flexibility index (Phi) is 10.7. The van der Waals surface area contributed by atoms with Crippen LogP contribution in [0.25, 0.3) is 0 Å². The number of rotatable bonds is 9. The summed E-state index contributed by atoms with van der Waals surface area (Å²) in [5.74, 6) is 2.13. The van der Waals surface area contributed by atoms with Gasteiger partial charge < -0.3 is 18.9 Å². The van der Waals surface area contributed by atoms with E-state index in [-0.39, 0.29) is 5.91 Å². The number of benzene rings is 5. The zero-order valence-electron chi connectivity index (χ0n) is 25.0. The minimum Gasteiger partial charge on any atom is -0.493 e. The largest absolute Gasteiger partial charge is 0.493 e. The van der Waals surface area contributed by atoms with E-state index in [1.807, 2.05) is 91.0 Å². The van der Waals surface area contributed by atoms with Gasteiger partial charge in [-0.05, 0) is 59.7 Å². The Morgan fingerprint density at radius 3 is 1.98 bits per heavy atom. The molecule has 0 aromatic heterocycles. The quantitative estimate of drug-likeness (QED) is 0.165. The van der Waals surface area contributed by atoms with Crippen LogP contribution in [0.1, 0.15) is 35.4 Å². The Balaban J connectivity index is 0.000000238. The summed E-state index contributed by atoms with van der Waals surface area (Å²) in [4.78, 5) is 12.2. The van der Waals surface area contributed by atoms with Crippen molar-refractivity contribution in [1.82, 2.24) is 5.01 Å². The Bertz CT molecular complexity index is 1680. The molecule has 0 saturated carbocycles. The lowest BCUT2D eigenvalue weighted by Gasteiger charge is -2.20. The third-order valence-electron chi connectivity index (χ3n) is 6.74. The van der Waals surface area contributed by atoms with Crippen molar-refractivity contribution in [2.24, 2.45) is 5.10 Å². The van der Waals surface area contributed by atoms with Gasteiger partial charge in [-0.3, -0.25) is 4.79 Å². The molecule has 5 aromatic rings. The van der Waals surface area contributed by atoms with E-state index >= 15 is 0 Å². The molecule has 7 nitrogen and oxygen atoms in total. The van der Waals surface area contributed by atoms with Crippen LogP contribution in [-0.2, 0) is 22.7 Å². The summed E-state index contributed by atoms with van der Waals surface area (Å²) >= 11 is 6.09. The van der Waals surface area contributed by atoms with E-state index in [4.69, 9.17) is 30.5 Å². The monoisotopic (exact) mass is 620 g/mol. The molecule has 1 aliphatic rings. The van der Waals surface area contributed by atoms with Gasteiger partial charge in [0.2, 0.25) is 18.0 Å². The number of carbonyl (C=O) groups excluding carboxylic acids is 1.